The van der Waals surface area contributed by atoms with Gasteiger partial charge in [0, 0.05) is 18.0 Å². The lowest BCUT2D eigenvalue weighted by atomic mass is 10.0. The van der Waals surface area contributed by atoms with Crippen molar-refractivity contribution < 1.29 is 9.47 Å². The maximum atomic E-state index is 5.98. The van der Waals surface area contributed by atoms with Gasteiger partial charge in [-0.3, -0.25) is 9.97 Å². The topological polar surface area (TPSA) is 108 Å². The number of aromatic nitrogens is 5. The number of pyridine rings is 2. The largest absolute Gasteiger partial charge is 0.469 e. The van der Waals surface area contributed by atoms with E-state index in [1.807, 2.05) is 82.3 Å². The van der Waals surface area contributed by atoms with E-state index in [1.54, 1.807) is 12.4 Å². The zero-order valence-electron chi connectivity index (χ0n) is 25.0. The van der Waals surface area contributed by atoms with Crippen molar-refractivity contribution in [3.05, 3.63) is 102 Å². The van der Waals surface area contributed by atoms with Gasteiger partial charge >= 0.3 is 0 Å². The SMILES string of the molecule is CC1(C)CN=C(c2ccc(-c3nc(-c4ccc(-c5ccccc5)cc4)nc(-c4ccc(C5=NCC(C)(C)O5)cn4)n3)nc2)O1. The van der Waals surface area contributed by atoms with Gasteiger partial charge in [0.15, 0.2) is 17.5 Å². The lowest BCUT2D eigenvalue weighted by Gasteiger charge is -2.17. The van der Waals surface area contributed by atoms with E-state index in [0.717, 1.165) is 27.8 Å². The molecule has 0 spiro atoms. The summed E-state index contributed by atoms with van der Waals surface area (Å²) in [4.78, 5) is 32.9. The molecule has 0 N–H and O–H groups in total. The van der Waals surface area contributed by atoms with Gasteiger partial charge in [-0.1, -0.05) is 54.6 Å². The molecule has 0 atom stereocenters. The molecule has 5 heterocycles. The number of hydrogen-bond donors (Lipinski definition) is 0. The fourth-order valence-electron chi connectivity index (χ4n) is 4.96. The minimum atomic E-state index is -0.322. The van der Waals surface area contributed by atoms with Crippen LogP contribution in [0.4, 0.5) is 0 Å². The standard InChI is InChI=1S/C35H31N7O2/c1-34(2)20-38-32(43-34)25-14-16-27(36-18-25)30-40-29(24-12-10-23(11-13-24)22-8-6-5-7-9-22)41-31(42-30)28-17-15-26(19-37-28)33-39-21-35(3,4)44-33/h5-19H,20-21H2,1-4H3. The molecule has 0 radical (unpaired) electrons. The van der Waals surface area contributed by atoms with Crippen LogP contribution in [-0.2, 0) is 9.47 Å². The number of ether oxygens (including phenoxy) is 2. The zero-order chi connectivity index (χ0) is 30.3. The van der Waals surface area contributed by atoms with E-state index in [-0.39, 0.29) is 11.2 Å². The van der Waals surface area contributed by atoms with Crippen LogP contribution in [0.5, 0.6) is 0 Å². The van der Waals surface area contributed by atoms with Gasteiger partial charge in [-0.05, 0) is 63.1 Å². The summed E-state index contributed by atoms with van der Waals surface area (Å²) in [5.41, 5.74) is 5.28. The van der Waals surface area contributed by atoms with Crippen molar-refractivity contribution in [2.75, 3.05) is 13.1 Å². The molecule has 2 aliphatic rings. The molecule has 0 unspecified atom stereocenters. The summed E-state index contributed by atoms with van der Waals surface area (Å²) >= 11 is 0. The van der Waals surface area contributed by atoms with Crippen LogP contribution in [0, 0.1) is 0 Å². The second kappa shape index (κ2) is 10.8. The summed E-state index contributed by atoms with van der Waals surface area (Å²) < 4.78 is 12.0. The highest BCUT2D eigenvalue weighted by Crippen LogP contribution is 2.28. The van der Waals surface area contributed by atoms with Crippen LogP contribution in [0.1, 0.15) is 38.8 Å². The normalized spacial score (nSPS) is 16.5. The van der Waals surface area contributed by atoms with Crippen LogP contribution in [0.25, 0.3) is 45.6 Å². The van der Waals surface area contributed by atoms with E-state index >= 15 is 0 Å². The highest BCUT2D eigenvalue weighted by Gasteiger charge is 2.29. The van der Waals surface area contributed by atoms with Gasteiger partial charge in [0.1, 0.15) is 22.6 Å². The Morgan fingerprint density at radius 1 is 0.477 bits per heavy atom. The van der Waals surface area contributed by atoms with Crippen molar-refractivity contribution in [2.24, 2.45) is 9.98 Å². The number of rotatable bonds is 6. The summed E-state index contributed by atoms with van der Waals surface area (Å²) in [5, 5.41) is 0. The van der Waals surface area contributed by atoms with E-state index in [4.69, 9.17) is 24.4 Å². The van der Waals surface area contributed by atoms with Gasteiger partial charge < -0.3 is 9.47 Å². The maximum absolute atomic E-state index is 5.98. The Hall–Kier alpha value is -5.31. The van der Waals surface area contributed by atoms with Crippen LogP contribution in [0.3, 0.4) is 0 Å². The number of hydrogen-bond acceptors (Lipinski definition) is 9. The molecule has 2 aromatic carbocycles. The first-order valence-electron chi connectivity index (χ1n) is 14.5. The molecular weight excluding hydrogens is 550 g/mol. The average molecular weight is 582 g/mol. The van der Waals surface area contributed by atoms with Crippen molar-refractivity contribution in [3.8, 4) is 45.6 Å². The highest BCUT2D eigenvalue weighted by atomic mass is 16.5. The first-order chi connectivity index (χ1) is 21.2. The number of nitrogens with zero attached hydrogens (tertiary/aromatic N) is 7. The molecule has 0 amide bonds. The van der Waals surface area contributed by atoms with Crippen LogP contribution < -0.4 is 0 Å². The quantitative estimate of drug-likeness (QED) is 0.227. The summed E-state index contributed by atoms with van der Waals surface area (Å²) in [6.07, 6.45) is 3.48. The van der Waals surface area contributed by atoms with Gasteiger partial charge in [-0.25, -0.2) is 24.9 Å². The van der Waals surface area contributed by atoms with Crippen LogP contribution in [0.15, 0.2) is 101 Å². The zero-order valence-corrected chi connectivity index (χ0v) is 25.0. The Balaban J connectivity index is 1.25. The molecule has 7 rings (SSSR count). The van der Waals surface area contributed by atoms with Crippen molar-refractivity contribution in [3.63, 3.8) is 0 Å². The fraction of sp³-hybridized carbons (Fsp3) is 0.229. The summed E-state index contributed by atoms with van der Waals surface area (Å²) in [6, 6.07) is 26.0. The van der Waals surface area contributed by atoms with Crippen LogP contribution >= 0.6 is 0 Å². The predicted octanol–water partition coefficient (Wildman–Crippen LogP) is 6.44. The van der Waals surface area contributed by atoms with Crippen molar-refractivity contribution in [1.82, 2.24) is 24.9 Å². The van der Waals surface area contributed by atoms with E-state index in [2.05, 4.69) is 44.2 Å². The minimum Gasteiger partial charge on any atom is -0.469 e. The molecule has 5 aromatic rings. The highest BCUT2D eigenvalue weighted by molar-refractivity contribution is 5.96. The molecular formula is C35H31N7O2. The molecule has 9 heteroatoms. The average Bonchev–Trinajstić information content (AvgIpc) is 3.62. The first kappa shape index (κ1) is 27.5. The first-order valence-corrected chi connectivity index (χ1v) is 14.5. The molecule has 0 bridgehead atoms. The molecule has 0 saturated carbocycles. The van der Waals surface area contributed by atoms with Gasteiger partial charge in [0.2, 0.25) is 11.8 Å². The van der Waals surface area contributed by atoms with Crippen molar-refractivity contribution >= 4 is 11.8 Å². The third-order valence-electron chi connectivity index (χ3n) is 7.32. The monoisotopic (exact) mass is 581 g/mol. The van der Waals surface area contributed by atoms with Crippen LogP contribution in [0.2, 0.25) is 0 Å². The molecule has 0 saturated heterocycles. The maximum Gasteiger partial charge on any atom is 0.218 e. The molecule has 218 valence electrons. The Bertz CT molecular complexity index is 1790. The van der Waals surface area contributed by atoms with E-state index < -0.39 is 0 Å². The number of benzene rings is 2. The third-order valence-corrected chi connectivity index (χ3v) is 7.32. The molecule has 44 heavy (non-hydrogen) atoms. The van der Waals surface area contributed by atoms with Gasteiger partial charge in [-0.15, -0.1) is 0 Å². The molecule has 0 aliphatic carbocycles. The number of aliphatic imine (C=N–C) groups is 2. The second-order valence-corrected chi connectivity index (χ2v) is 12.1. The smallest absolute Gasteiger partial charge is 0.218 e. The van der Waals surface area contributed by atoms with Gasteiger partial charge in [0.05, 0.1) is 24.2 Å². The Labute approximate surface area is 255 Å². The van der Waals surface area contributed by atoms with E-state index in [0.29, 0.717) is 53.7 Å². The summed E-state index contributed by atoms with van der Waals surface area (Å²) in [5.74, 6) is 2.59. The second-order valence-electron chi connectivity index (χ2n) is 12.1. The lowest BCUT2D eigenvalue weighted by Crippen LogP contribution is -2.24. The van der Waals surface area contributed by atoms with E-state index in [1.165, 1.54) is 0 Å². The summed E-state index contributed by atoms with van der Waals surface area (Å²) in [6.45, 7) is 9.28. The van der Waals surface area contributed by atoms with Crippen molar-refractivity contribution in [1.29, 1.82) is 0 Å². The Kier molecular flexibility index (Phi) is 6.73. The molecule has 9 nitrogen and oxygen atoms in total. The van der Waals surface area contributed by atoms with Gasteiger partial charge in [0.25, 0.3) is 0 Å². The van der Waals surface area contributed by atoms with Crippen molar-refractivity contribution in [2.45, 2.75) is 38.9 Å². The fourth-order valence-corrected chi connectivity index (χ4v) is 4.96. The molecule has 0 fully saturated rings. The lowest BCUT2D eigenvalue weighted by molar-refractivity contribution is 0.131. The predicted molar refractivity (Wildman–Crippen MR) is 170 cm³/mol. The minimum absolute atomic E-state index is 0.322. The summed E-state index contributed by atoms with van der Waals surface area (Å²) in [7, 11) is 0. The molecule has 3 aromatic heterocycles. The van der Waals surface area contributed by atoms with Gasteiger partial charge in [-0.2, -0.15) is 0 Å². The molecule has 2 aliphatic heterocycles. The Morgan fingerprint density at radius 3 is 1.34 bits per heavy atom. The third kappa shape index (κ3) is 5.68. The van der Waals surface area contributed by atoms with Crippen LogP contribution in [-0.4, -0.2) is 61.0 Å². The van der Waals surface area contributed by atoms with E-state index in [9.17, 15) is 0 Å². The Morgan fingerprint density at radius 2 is 0.909 bits per heavy atom.